The highest BCUT2D eigenvalue weighted by atomic mass is 14.9. The monoisotopic (exact) mass is 188 g/mol. The van der Waals surface area contributed by atoms with Crippen molar-refractivity contribution in [3.63, 3.8) is 0 Å². The summed E-state index contributed by atoms with van der Waals surface area (Å²) in [7, 11) is 0. The summed E-state index contributed by atoms with van der Waals surface area (Å²) in [5.41, 5.74) is 1.92. The van der Waals surface area contributed by atoms with Crippen molar-refractivity contribution >= 4 is 12.2 Å². The quantitative estimate of drug-likeness (QED) is 0.758. The Bertz CT molecular complexity index is 320. The van der Waals surface area contributed by atoms with Gasteiger partial charge in [0.05, 0.1) is 36.4 Å². The van der Waals surface area contributed by atoms with E-state index in [1.165, 1.54) is 0 Å². The zero-order chi connectivity index (χ0) is 10.2. The molecule has 0 atom stereocenters. The molecule has 0 unspecified atom stereocenters. The second-order valence-corrected chi connectivity index (χ2v) is 2.42. The first-order chi connectivity index (χ1) is 6.86. The lowest BCUT2D eigenvalue weighted by Crippen LogP contribution is -1.61. The molecule has 2 rings (SSSR count). The van der Waals surface area contributed by atoms with Gasteiger partial charge in [0.15, 0.2) is 0 Å². The molecule has 0 aliphatic carbocycles. The molecule has 0 radical (unpaired) electrons. The molecular weight excluding hydrogens is 176 g/mol. The topological polar surface area (TPSA) is 57.4 Å². The predicted molar refractivity (Wildman–Crippen MR) is 57.4 cm³/mol. The van der Waals surface area contributed by atoms with Crippen LogP contribution in [0, 0.1) is 0 Å². The molecule has 14 heavy (non-hydrogen) atoms. The zero-order valence-electron chi connectivity index (χ0n) is 7.77. The van der Waals surface area contributed by atoms with E-state index in [2.05, 4.69) is 33.1 Å². The molecule has 72 valence electrons. The van der Waals surface area contributed by atoms with E-state index in [0.717, 1.165) is 11.4 Å². The maximum Gasteiger partial charge on any atom is 0.0924 e. The average molecular weight is 188 g/mol. The van der Waals surface area contributed by atoms with Gasteiger partial charge in [0.2, 0.25) is 0 Å². The second kappa shape index (κ2) is 5.53. The van der Waals surface area contributed by atoms with Gasteiger partial charge in [0, 0.05) is 0 Å². The number of nitrogens with zero attached hydrogens (tertiary/aromatic N) is 2. The summed E-state index contributed by atoms with van der Waals surface area (Å²) >= 11 is 0. The summed E-state index contributed by atoms with van der Waals surface area (Å²) in [4.78, 5) is 13.2. The average Bonchev–Trinajstić information content (AvgIpc) is 2.92. The molecule has 2 heterocycles. The van der Waals surface area contributed by atoms with Crippen LogP contribution in [0.5, 0.6) is 0 Å². The molecule has 0 spiro atoms. The first kappa shape index (κ1) is 9.98. The number of rotatable bonds is 2. The third-order valence-corrected chi connectivity index (χ3v) is 1.48. The van der Waals surface area contributed by atoms with Crippen molar-refractivity contribution in [3.8, 4) is 0 Å². The largest absolute Gasteiger partial charge is 0.345 e. The minimum Gasteiger partial charge on any atom is -0.345 e. The molecule has 2 aromatic rings. The van der Waals surface area contributed by atoms with E-state index in [1.807, 2.05) is 0 Å². The Morgan fingerprint density at radius 1 is 0.929 bits per heavy atom. The van der Waals surface area contributed by atoms with Crippen LogP contribution in [0.25, 0.3) is 12.2 Å². The van der Waals surface area contributed by atoms with E-state index < -0.39 is 0 Å². The fraction of sp³-hybridized carbons (Fsp3) is 0. The molecule has 2 aromatic heterocycles. The number of nitrogens with one attached hydrogen (secondary N) is 2. The molecule has 0 fully saturated rings. The van der Waals surface area contributed by atoms with Crippen molar-refractivity contribution in [2.75, 3.05) is 0 Å². The lowest BCUT2D eigenvalue weighted by Gasteiger charge is -1.72. The van der Waals surface area contributed by atoms with Crippen molar-refractivity contribution in [1.29, 1.82) is 0 Å². The second-order valence-electron chi connectivity index (χ2n) is 2.42. The first-order valence-electron chi connectivity index (χ1n) is 4.08. The van der Waals surface area contributed by atoms with Crippen molar-refractivity contribution in [2.24, 2.45) is 0 Å². The Morgan fingerprint density at radius 3 is 1.50 bits per heavy atom. The van der Waals surface area contributed by atoms with Crippen LogP contribution in [0.15, 0.2) is 38.2 Å². The highest BCUT2D eigenvalue weighted by molar-refractivity contribution is 5.39. The molecule has 0 amide bonds. The summed E-state index contributed by atoms with van der Waals surface area (Å²) in [5.74, 6) is 0. The number of aromatic amines is 2. The molecule has 0 aliphatic rings. The van der Waals surface area contributed by atoms with E-state index in [9.17, 15) is 0 Å². The Labute approximate surface area is 82.4 Å². The molecule has 0 saturated carbocycles. The van der Waals surface area contributed by atoms with E-state index >= 15 is 0 Å². The minimum absolute atomic E-state index is 0.958. The van der Waals surface area contributed by atoms with Crippen molar-refractivity contribution in [1.82, 2.24) is 19.9 Å². The molecular formula is C10H12N4. The van der Waals surface area contributed by atoms with Crippen molar-refractivity contribution in [3.05, 3.63) is 49.6 Å². The lowest BCUT2D eigenvalue weighted by atomic mass is 10.5. The Morgan fingerprint density at radius 2 is 1.36 bits per heavy atom. The Kier molecular flexibility index (Phi) is 3.94. The first-order valence-corrected chi connectivity index (χ1v) is 4.08. The maximum absolute atomic E-state index is 3.77. The number of hydrogen-bond acceptors (Lipinski definition) is 2. The van der Waals surface area contributed by atoms with Crippen molar-refractivity contribution in [2.45, 2.75) is 0 Å². The third kappa shape index (κ3) is 3.10. The minimum atomic E-state index is 0.958. The van der Waals surface area contributed by atoms with Crippen LogP contribution in [0.3, 0.4) is 0 Å². The lowest BCUT2D eigenvalue weighted by molar-refractivity contribution is 1.31. The van der Waals surface area contributed by atoms with E-state index in [1.54, 1.807) is 37.2 Å². The summed E-state index contributed by atoms with van der Waals surface area (Å²) in [6, 6.07) is 0. The Hall–Kier alpha value is -2.10. The fourth-order valence-electron chi connectivity index (χ4n) is 0.757. The van der Waals surface area contributed by atoms with Crippen molar-refractivity contribution < 1.29 is 0 Å². The molecule has 4 nitrogen and oxygen atoms in total. The fourth-order valence-corrected chi connectivity index (χ4v) is 0.757. The molecule has 4 heteroatoms. The van der Waals surface area contributed by atoms with Crippen LogP contribution in [0.1, 0.15) is 11.4 Å². The van der Waals surface area contributed by atoms with Crippen LogP contribution < -0.4 is 0 Å². The van der Waals surface area contributed by atoms with E-state index in [4.69, 9.17) is 0 Å². The summed E-state index contributed by atoms with van der Waals surface area (Å²) < 4.78 is 0. The van der Waals surface area contributed by atoms with Gasteiger partial charge in [0.1, 0.15) is 0 Å². The van der Waals surface area contributed by atoms with Crippen LogP contribution in [0.4, 0.5) is 0 Å². The molecule has 0 bridgehead atoms. The molecule has 0 saturated heterocycles. The molecule has 0 aliphatic heterocycles. The van der Waals surface area contributed by atoms with Crippen LogP contribution >= 0.6 is 0 Å². The van der Waals surface area contributed by atoms with Gasteiger partial charge in [-0.15, -0.1) is 0 Å². The zero-order valence-corrected chi connectivity index (χ0v) is 7.77. The van der Waals surface area contributed by atoms with E-state index in [0.29, 0.717) is 0 Å². The van der Waals surface area contributed by atoms with Crippen LogP contribution in [-0.4, -0.2) is 19.9 Å². The van der Waals surface area contributed by atoms with Crippen LogP contribution in [-0.2, 0) is 0 Å². The standard InChI is InChI=1S/2C5H6N2/c2*1-2-5-3-6-4-7-5/h2*2-4H,1H2,(H,6,7). The Balaban J connectivity index is 0.000000140. The van der Waals surface area contributed by atoms with E-state index in [-0.39, 0.29) is 0 Å². The van der Waals surface area contributed by atoms with Gasteiger partial charge in [-0.1, -0.05) is 13.2 Å². The number of aromatic nitrogens is 4. The predicted octanol–water partition coefficient (Wildman–Crippen LogP) is 2.11. The van der Waals surface area contributed by atoms with Gasteiger partial charge < -0.3 is 9.97 Å². The normalized spacial score (nSPS) is 8.57. The number of imidazole rings is 2. The van der Waals surface area contributed by atoms with Gasteiger partial charge in [-0.05, 0) is 12.2 Å². The smallest absolute Gasteiger partial charge is 0.0924 e. The molecule has 2 N–H and O–H groups in total. The summed E-state index contributed by atoms with van der Waals surface area (Å²) in [5, 5.41) is 0. The van der Waals surface area contributed by atoms with Gasteiger partial charge in [-0.2, -0.15) is 0 Å². The van der Waals surface area contributed by atoms with Gasteiger partial charge in [-0.25, -0.2) is 9.97 Å². The third-order valence-electron chi connectivity index (χ3n) is 1.48. The summed E-state index contributed by atoms with van der Waals surface area (Å²) in [6.45, 7) is 7.06. The van der Waals surface area contributed by atoms with Gasteiger partial charge in [0.25, 0.3) is 0 Å². The number of hydrogen-bond donors (Lipinski definition) is 2. The maximum atomic E-state index is 3.77. The SMILES string of the molecule is C=Cc1cnc[nH]1.C=Cc1cnc[nH]1. The van der Waals surface area contributed by atoms with Gasteiger partial charge >= 0.3 is 0 Å². The highest BCUT2D eigenvalue weighted by Crippen LogP contribution is 1.89. The number of H-pyrrole nitrogens is 2. The molecule has 0 aromatic carbocycles. The highest BCUT2D eigenvalue weighted by Gasteiger charge is 1.78. The van der Waals surface area contributed by atoms with Crippen LogP contribution in [0.2, 0.25) is 0 Å². The summed E-state index contributed by atoms with van der Waals surface area (Å²) in [6.07, 6.45) is 10.1. The van der Waals surface area contributed by atoms with Gasteiger partial charge in [-0.3, -0.25) is 0 Å².